The van der Waals surface area contributed by atoms with Gasteiger partial charge in [0.25, 0.3) is 5.91 Å². The first-order valence-corrected chi connectivity index (χ1v) is 7.99. The second kappa shape index (κ2) is 7.32. The Kier molecular flexibility index (Phi) is 5.43. The van der Waals surface area contributed by atoms with Crippen LogP contribution in [0.3, 0.4) is 0 Å². The summed E-state index contributed by atoms with van der Waals surface area (Å²) in [5.41, 5.74) is 1.43. The first-order chi connectivity index (χ1) is 10.9. The van der Waals surface area contributed by atoms with Crippen molar-refractivity contribution < 1.29 is 9.53 Å². The van der Waals surface area contributed by atoms with E-state index in [0.29, 0.717) is 11.3 Å². The minimum absolute atomic E-state index is 0.0290. The molecule has 0 fully saturated rings. The Morgan fingerprint density at radius 1 is 1.04 bits per heavy atom. The number of hydrogen-bond donors (Lipinski definition) is 1. The molecule has 0 saturated carbocycles. The molecule has 0 spiro atoms. The molecule has 1 N–H and O–H groups in total. The van der Waals surface area contributed by atoms with Crippen LogP contribution in [0, 0.1) is 0 Å². The van der Waals surface area contributed by atoms with Gasteiger partial charge in [0.05, 0.1) is 11.7 Å². The van der Waals surface area contributed by atoms with Gasteiger partial charge < -0.3 is 10.1 Å². The summed E-state index contributed by atoms with van der Waals surface area (Å²) >= 11 is 0. The van der Waals surface area contributed by atoms with Crippen molar-refractivity contribution in [2.24, 2.45) is 0 Å². The van der Waals surface area contributed by atoms with Crippen molar-refractivity contribution in [3.05, 3.63) is 65.7 Å². The van der Waals surface area contributed by atoms with Crippen LogP contribution < -0.4 is 10.1 Å². The van der Waals surface area contributed by atoms with Crippen molar-refractivity contribution >= 4 is 5.91 Å². The molecule has 0 saturated heterocycles. The van der Waals surface area contributed by atoms with Crippen LogP contribution in [-0.4, -0.2) is 17.6 Å². The van der Waals surface area contributed by atoms with E-state index in [0.717, 1.165) is 6.42 Å². The number of amides is 1. The van der Waals surface area contributed by atoms with Gasteiger partial charge in [0, 0.05) is 5.54 Å². The van der Waals surface area contributed by atoms with E-state index in [-0.39, 0.29) is 17.6 Å². The van der Waals surface area contributed by atoms with Crippen molar-refractivity contribution in [3.63, 3.8) is 0 Å². The SMILES string of the molecule is CC(C)Oc1ccccc1C(=O)NC(C)(C)Cc1ccccc1. The fourth-order valence-electron chi connectivity index (χ4n) is 2.54. The number of nitrogens with one attached hydrogen (secondary N) is 1. The van der Waals surface area contributed by atoms with Crippen LogP contribution >= 0.6 is 0 Å². The van der Waals surface area contributed by atoms with Gasteiger partial charge in [0.1, 0.15) is 5.75 Å². The Balaban J connectivity index is 2.12. The lowest BCUT2D eigenvalue weighted by Gasteiger charge is -2.27. The average molecular weight is 311 g/mol. The van der Waals surface area contributed by atoms with Crippen molar-refractivity contribution in [2.45, 2.75) is 45.8 Å². The Morgan fingerprint density at radius 3 is 2.30 bits per heavy atom. The Bertz CT molecular complexity index is 648. The summed E-state index contributed by atoms with van der Waals surface area (Å²) in [6.07, 6.45) is 0.800. The predicted molar refractivity (Wildman–Crippen MR) is 93.9 cm³/mol. The van der Waals surface area contributed by atoms with E-state index < -0.39 is 0 Å². The van der Waals surface area contributed by atoms with E-state index in [1.54, 1.807) is 6.07 Å². The summed E-state index contributed by atoms with van der Waals surface area (Å²) in [7, 11) is 0. The monoisotopic (exact) mass is 311 g/mol. The van der Waals surface area contributed by atoms with Crippen molar-refractivity contribution in [1.29, 1.82) is 0 Å². The Morgan fingerprint density at radius 2 is 1.65 bits per heavy atom. The fraction of sp³-hybridized carbons (Fsp3) is 0.350. The highest BCUT2D eigenvalue weighted by Gasteiger charge is 2.23. The molecule has 1 amide bonds. The zero-order valence-electron chi connectivity index (χ0n) is 14.3. The molecule has 2 aromatic rings. The number of carbonyl (C=O) groups is 1. The first kappa shape index (κ1) is 17.1. The summed E-state index contributed by atoms with van der Waals surface area (Å²) in [6, 6.07) is 17.5. The molecule has 0 heterocycles. The minimum Gasteiger partial charge on any atom is -0.490 e. The zero-order valence-corrected chi connectivity index (χ0v) is 14.3. The molecule has 0 unspecified atom stereocenters. The van der Waals surface area contributed by atoms with Gasteiger partial charge in [-0.25, -0.2) is 0 Å². The maximum absolute atomic E-state index is 12.7. The third kappa shape index (κ3) is 5.13. The van der Waals surface area contributed by atoms with Gasteiger partial charge in [-0.05, 0) is 51.8 Å². The second-order valence-corrected chi connectivity index (χ2v) is 6.66. The van der Waals surface area contributed by atoms with Crippen molar-refractivity contribution in [2.75, 3.05) is 0 Å². The zero-order chi connectivity index (χ0) is 16.9. The number of rotatable bonds is 6. The molecular formula is C20H25NO2. The van der Waals surface area contributed by atoms with Gasteiger partial charge in [-0.2, -0.15) is 0 Å². The minimum atomic E-state index is -0.344. The molecule has 0 aliphatic carbocycles. The number of carbonyl (C=O) groups excluding carboxylic acids is 1. The van der Waals surface area contributed by atoms with Crippen LogP contribution in [0.25, 0.3) is 0 Å². The van der Waals surface area contributed by atoms with Crippen LogP contribution in [0.4, 0.5) is 0 Å². The normalized spacial score (nSPS) is 11.3. The lowest BCUT2D eigenvalue weighted by Crippen LogP contribution is -2.45. The molecule has 0 aliphatic rings. The summed E-state index contributed by atoms with van der Waals surface area (Å²) in [4.78, 5) is 12.7. The van der Waals surface area contributed by atoms with E-state index in [1.165, 1.54) is 5.56 Å². The fourth-order valence-corrected chi connectivity index (χ4v) is 2.54. The summed E-state index contributed by atoms with van der Waals surface area (Å²) in [5.74, 6) is 0.512. The highest BCUT2D eigenvalue weighted by molar-refractivity contribution is 5.97. The summed E-state index contributed by atoms with van der Waals surface area (Å²) in [5, 5.41) is 3.12. The third-order valence-electron chi connectivity index (χ3n) is 3.44. The maximum atomic E-state index is 12.7. The predicted octanol–water partition coefficient (Wildman–Crippen LogP) is 4.22. The maximum Gasteiger partial charge on any atom is 0.255 e. The van der Waals surface area contributed by atoms with Crippen LogP contribution in [0.5, 0.6) is 5.75 Å². The molecule has 23 heavy (non-hydrogen) atoms. The summed E-state index contributed by atoms with van der Waals surface area (Å²) in [6.45, 7) is 7.97. The average Bonchev–Trinajstić information content (AvgIpc) is 2.47. The molecule has 122 valence electrons. The molecule has 0 bridgehead atoms. The molecule has 0 aliphatic heterocycles. The molecule has 3 heteroatoms. The first-order valence-electron chi connectivity index (χ1n) is 7.99. The largest absolute Gasteiger partial charge is 0.490 e. The van der Waals surface area contributed by atoms with Gasteiger partial charge in [-0.15, -0.1) is 0 Å². The van der Waals surface area contributed by atoms with Crippen LogP contribution in [0.15, 0.2) is 54.6 Å². The second-order valence-electron chi connectivity index (χ2n) is 6.66. The van der Waals surface area contributed by atoms with Crippen LogP contribution in [-0.2, 0) is 6.42 Å². The van der Waals surface area contributed by atoms with Crippen molar-refractivity contribution in [3.8, 4) is 5.75 Å². The van der Waals surface area contributed by atoms with Gasteiger partial charge in [0.2, 0.25) is 0 Å². The van der Waals surface area contributed by atoms with E-state index in [9.17, 15) is 4.79 Å². The molecule has 2 aromatic carbocycles. The van der Waals surface area contributed by atoms with Crippen LogP contribution in [0.2, 0.25) is 0 Å². The Hall–Kier alpha value is -2.29. The van der Waals surface area contributed by atoms with E-state index in [1.807, 2.05) is 64.1 Å². The molecule has 0 atom stereocenters. The van der Waals surface area contributed by atoms with E-state index in [2.05, 4.69) is 17.4 Å². The van der Waals surface area contributed by atoms with Gasteiger partial charge in [0.15, 0.2) is 0 Å². The topological polar surface area (TPSA) is 38.3 Å². The lowest BCUT2D eigenvalue weighted by atomic mass is 9.94. The molecule has 0 aromatic heterocycles. The van der Waals surface area contributed by atoms with Gasteiger partial charge in [-0.3, -0.25) is 4.79 Å². The third-order valence-corrected chi connectivity index (χ3v) is 3.44. The molecule has 2 rings (SSSR count). The number of benzene rings is 2. The number of hydrogen-bond acceptors (Lipinski definition) is 2. The van der Waals surface area contributed by atoms with Gasteiger partial charge in [-0.1, -0.05) is 42.5 Å². The highest BCUT2D eigenvalue weighted by atomic mass is 16.5. The standard InChI is InChI=1S/C20H25NO2/c1-15(2)23-18-13-9-8-12-17(18)19(22)21-20(3,4)14-16-10-6-5-7-11-16/h5-13,15H,14H2,1-4H3,(H,21,22). The molecular weight excluding hydrogens is 286 g/mol. The van der Waals surface area contributed by atoms with Crippen molar-refractivity contribution in [1.82, 2.24) is 5.32 Å². The van der Waals surface area contributed by atoms with E-state index in [4.69, 9.17) is 4.74 Å². The van der Waals surface area contributed by atoms with Gasteiger partial charge >= 0.3 is 0 Å². The number of ether oxygens (including phenoxy) is 1. The number of para-hydroxylation sites is 1. The molecule has 0 radical (unpaired) electrons. The lowest BCUT2D eigenvalue weighted by molar-refractivity contribution is 0.0907. The van der Waals surface area contributed by atoms with Crippen LogP contribution in [0.1, 0.15) is 43.6 Å². The quantitative estimate of drug-likeness (QED) is 0.867. The smallest absolute Gasteiger partial charge is 0.255 e. The van der Waals surface area contributed by atoms with E-state index >= 15 is 0 Å². The molecule has 3 nitrogen and oxygen atoms in total. The highest BCUT2D eigenvalue weighted by Crippen LogP contribution is 2.21. The Labute approximate surface area is 138 Å². The summed E-state index contributed by atoms with van der Waals surface area (Å²) < 4.78 is 5.74.